The highest BCUT2D eigenvalue weighted by Crippen LogP contribution is 2.34. The Morgan fingerprint density at radius 3 is 2.48 bits per heavy atom. The molecule has 1 fully saturated rings. The Hall–Kier alpha value is -4.64. The number of benzene rings is 3. The number of amides is 2. The zero-order valence-corrected chi connectivity index (χ0v) is 23.5. The summed E-state index contributed by atoms with van der Waals surface area (Å²) in [7, 11) is 3.08. The smallest absolute Gasteiger partial charge is 0.258 e. The van der Waals surface area contributed by atoms with E-state index in [1.54, 1.807) is 25.3 Å². The second-order valence-corrected chi connectivity index (χ2v) is 10.3. The van der Waals surface area contributed by atoms with E-state index < -0.39 is 0 Å². The number of rotatable bonds is 4. The van der Waals surface area contributed by atoms with Crippen molar-refractivity contribution in [2.45, 2.75) is 25.2 Å². The van der Waals surface area contributed by atoms with Crippen molar-refractivity contribution in [3.63, 3.8) is 0 Å². The summed E-state index contributed by atoms with van der Waals surface area (Å²) in [6.45, 7) is 2.87. The van der Waals surface area contributed by atoms with Gasteiger partial charge in [-0.1, -0.05) is 12.1 Å². The van der Waals surface area contributed by atoms with Gasteiger partial charge in [0, 0.05) is 31.7 Å². The topological polar surface area (TPSA) is 117 Å². The third-order valence-corrected chi connectivity index (χ3v) is 7.45. The van der Waals surface area contributed by atoms with E-state index in [0.717, 1.165) is 22.6 Å². The van der Waals surface area contributed by atoms with Crippen LogP contribution in [0.2, 0.25) is 0 Å². The third kappa shape index (κ3) is 6.01. The van der Waals surface area contributed by atoms with Crippen LogP contribution in [0.3, 0.4) is 0 Å². The van der Waals surface area contributed by atoms with Gasteiger partial charge in [-0.25, -0.2) is 0 Å². The molecule has 3 aromatic carbocycles. The first kappa shape index (κ1) is 27.5. The monoisotopic (exact) mass is 575 g/mol. The molecule has 1 saturated heterocycles. The zero-order valence-electron chi connectivity index (χ0n) is 23.5. The molecule has 0 spiro atoms. The van der Waals surface area contributed by atoms with E-state index in [9.17, 15) is 9.59 Å². The van der Waals surface area contributed by atoms with Gasteiger partial charge in [-0.3, -0.25) is 14.5 Å². The fraction of sp³-hybridized carbons (Fsp3) is 0.355. The number of nitrogens with one attached hydrogen (secondary N) is 2. The number of fused-ring (bicyclic) bond motifs is 8. The SMILES string of the molecule is COc1ccc2cc1OCC(=O)NCc1ccc(c(OC)c1)O[C@H]1CN(Cc3ccc4c(c3)OCCO4)C[C@@H]1NC2=O. The number of carbonyl (C=O) groups excluding carboxylic acids is 2. The summed E-state index contributed by atoms with van der Waals surface area (Å²) in [4.78, 5) is 28.2. The van der Waals surface area contributed by atoms with Crippen LogP contribution < -0.4 is 39.1 Å². The predicted octanol–water partition coefficient (Wildman–Crippen LogP) is 2.55. The molecule has 2 amide bonds. The van der Waals surface area contributed by atoms with Gasteiger partial charge in [0.1, 0.15) is 19.3 Å². The van der Waals surface area contributed by atoms with Crippen LogP contribution >= 0.6 is 0 Å². The van der Waals surface area contributed by atoms with Crippen molar-refractivity contribution in [1.29, 1.82) is 0 Å². The molecule has 4 aliphatic heterocycles. The fourth-order valence-electron chi connectivity index (χ4n) is 5.34. The Morgan fingerprint density at radius 2 is 1.64 bits per heavy atom. The number of hydrogen-bond donors (Lipinski definition) is 2. The highest BCUT2D eigenvalue weighted by Gasteiger charge is 2.36. The molecule has 0 aromatic heterocycles. The fourth-order valence-corrected chi connectivity index (χ4v) is 5.34. The molecule has 0 unspecified atom stereocenters. The van der Waals surface area contributed by atoms with Crippen LogP contribution in [0.4, 0.5) is 0 Å². The number of ether oxygens (including phenoxy) is 6. The van der Waals surface area contributed by atoms with Crippen LogP contribution in [-0.4, -0.2) is 76.0 Å². The molecule has 4 heterocycles. The lowest BCUT2D eigenvalue weighted by Crippen LogP contribution is -2.45. The van der Waals surface area contributed by atoms with E-state index in [1.165, 1.54) is 7.11 Å². The predicted molar refractivity (Wildman–Crippen MR) is 152 cm³/mol. The molecule has 4 bridgehead atoms. The Morgan fingerprint density at radius 1 is 0.833 bits per heavy atom. The molecular weight excluding hydrogens is 542 g/mol. The van der Waals surface area contributed by atoms with Gasteiger partial charge in [-0.2, -0.15) is 0 Å². The van der Waals surface area contributed by atoms with Gasteiger partial charge in [-0.05, 0) is 53.6 Å². The highest BCUT2D eigenvalue weighted by molar-refractivity contribution is 5.95. The Balaban J connectivity index is 1.29. The summed E-state index contributed by atoms with van der Waals surface area (Å²) in [6, 6.07) is 16.0. The lowest BCUT2D eigenvalue weighted by Gasteiger charge is -2.23. The van der Waals surface area contributed by atoms with Gasteiger partial charge in [-0.15, -0.1) is 0 Å². The van der Waals surface area contributed by atoms with Gasteiger partial charge < -0.3 is 39.1 Å². The van der Waals surface area contributed by atoms with Crippen molar-refractivity contribution >= 4 is 11.8 Å². The Bertz CT molecular complexity index is 1480. The van der Waals surface area contributed by atoms with Crippen LogP contribution in [-0.2, 0) is 17.9 Å². The van der Waals surface area contributed by atoms with Crippen molar-refractivity contribution in [3.8, 4) is 34.5 Å². The highest BCUT2D eigenvalue weighted by atomic mass is 16.6. The minimum Gasteiger partial charge on any atom is -0.493 e. The van der Waals surface area contributed by atoms with E-state index >= 15 is 0 Å². The quantitative estimate of drug-likeness (QED) is 0.484. The first-order valence-electron chi connectivity index (χ1n) is 13.8. The van der Waals surface area contributed by atoms with Gasteiger partial charge in [0.2, 0.25) is 0 Å². The second-order valence-electron chi connectivity index (χ2n) is 10.3. The summed E-state index contributed by atoms with van der Waals surface area (Å²) in [6.07, 6.45) is -0.365. The van der Waals surface area contributed by atoms with E-state index in [0.29, 0.717) is 61.4 Å². The van der Waals surface area contributed by atoms with Crippen molar-refractivity contribution < 1.29 is 38.0 Å². The van der Waals surface area contributed by atoms with Gasteiger partial charge in [0.05, 0.1) is 20.3 Å². The van der Waals surface area contributed by atoms with Crippen LogP contribution in [0.15, 0.2) is 54.6 Å². The summed E-state index contributed by atoms with van der Waals surface area (Å²) < 4.78 is 34.7. The average Bonchev–Trinajstić information content (AvgIpc) is 3.38. The van der Waals surface area contributed by atoms with Crippen LogP contribution in [0.5, 0.6) is 34.5 Å². The van der Waals surface area contributed by atoms with Crippen molar-refractivity contribution in [2.75, 3.05) is 47.1 Å². The lowest BCUT2D eigenvalue weighted by atomic mass is 10.1. The maximum atomic E-state index is 13.5. The first-order valence-corrected chi connectivity index (χ1v) is 13.8. The first-order chi connectivity index (χ1) is 20.5. The number of carbonyl (C=O) groups is 2. The van der Waals surface area contributed by atoms with Gasteiger partial charge in [0.15, 0.2) is 41.1 Å². The maximum absolute atomic E-state index is 13.5. The molecule has 7 rings (SSSR count). The lowest BCUT2D eigenvalue weighted by molar-refractivity contribution is -0.123. The molecule has 2 N–H and O–H groups in total. The molecule has 3 aromatic rings. The number of hydrogen-bond acceptors (Lipinski definition) is 9. The van der Waals surface area contributed by atoms with Crippen LogP contribution in [0, 0.1) is 0 Å². The molecule has 42 heavy (non-hydrogen) atoms. The number of methoxy groups -OCH3 is 2. The van der Waals surface area contributed by atoms with Crippen LogP contribution in [0.25, 0.3) is 0 Å². The van der Waals surface area contributed by atoms with Crippen molar-refractivity contribution in [1.82, 2.24) is 15.5 Å². The van der Waals surface area contributed by atoms with E-state index in [4.69, 9.17) is 28.4 Å². The normalized spacial score (nSPS) is 20.3. The zero-order chi connectivity index (χ0) is 29.1. The largest absolute Gasteiger partial charge is 0.493 e. The summed E-state index contributed by atoms with van der Waals surface area (Å²) in [5.74, 6) is 2.69. The third-order valence-electron chi connectivity index (χ3n) is 7.45. The molecule has 11 nitrogen and oxygen atoms in total. The average molecular weight is 576 g/mol. The molecule has 2 atom stereocenters. The molecule has 0 saturated carbocycles. The minimum atomic E-state index is -0.365. The molecule has 220 valence electrons. The Labute approximate surface area is 243 Å². The van der Waals surface area contributed by atoms with Gasteiger partial charge >= 0.3 is 0 Å². The van der Waals surface area contributed by atoms with Crippen molar-refractivity contribution in [2.24, 2.45) is 0 Å². The Kier molecular flexibility index (Phi) is 7.91. The molecular formula is C31H33N3O8. The van der Waals surface area contributed by atoms with Crippen molar-refractivity contribution in [3.05, 3.63) is 71.3 Å². The van der Waals surface area contributed by atoms with E-state index in [2.05, 4.69) is 15.5 Å². The maximum Gasteiger partial charge on any atom is 0.258 e. The van der Waals surface area contributed by atoms with Gasteiger partial charge in [0.25, 0.3) is 11.8 Å². The number of likely N-dealkylation sites (tertiary alicyclic amines) is 1. The molecule has 0 radical (unpaired) electrons. The summed E-state index contributed by atoms with van der Waals surface area (Å²) >= 11 is 0. The van der Waals surface area contributed by atoms with E-state index in [1.807, 2.05) is 36.4 Å². The second kappa shape index (κ2) is 12.1. The summed E-state index contributed by atoms with van der Waals surface area (Å²) in [5, 5.41) is 6.00. The molecule has 0 aliphatic carbocycles. The number of nitrogens with zero attached hydrogens (tertiary/aromatic N) is 1. The summed E-state index contributed by atoms with van der Waals surface area (Å²) in [5.41, 5.74) is 2.29. The minimum absolute atomic E-state index is 0.237. The standard InChI is InChI=1S/C31H33N3O8/c1-37-23-8-5-21-13-28(23)41-18-30(35)32-14-19-3-7-25(26(11-19)38-2)42-29-17-34(16-22(29)33-31(21)36)15-20-4-6-24-27(12-20)40-10-9-39-24/h3-8,11-13,22,29H,9-10,14-18H2,1-2H3,(H,32,35)(H,33,36)/t22-,29-/m0/s1. The molecule has 11 heteroatoms. The molecule has 4 aliphatic rings. The van der Waals surface area contributed by atoms with Crippen LogP contribution in [0.1, 0.15) is 21.5 Å². The van der Waals surface area contributed by atoms with E-state index in [-0.39, 0.29) is 37.1 Å².